The van der Waals surface area contributed by atoms with Crippen LogP contribution in [0.25, 0.3) is 11.8 Å². The third-order valence-corrected chi connectivity index (χ3v) is 11.6. The van der Waals surface area contributed by atoms with Crippen LogP contribution >= 0.6 is 0 Å². The molecule has 218 valence electrons. The topological polar surface area (TPSA) is 125 Å². The van der Waals surface area contributed by atoms with E-state index in [0.717, 1.165) is 36.2 Å². The molecular formula is C32H39N3O6. The predicted molar refractivity (Wildman–Crippen MR) is 150 cm³/mol. The van der Waals surface area contributed by atoms with Gasteiger partial charge in [0.1, 0.15) is 0 Å². The van der Waals surface area contributed by atoms with Crippen molar-refractivity contribution >= 4 is 18.0 Å². The summed E-state index contributed by atoms with van der Waals surface area (Å²) < 4.78 is 7.32. The first-order valence-electron chi connectivity index (χ1n) is 15.0. The first-order chi connectivity index (χ1) is 19.6. The molecule has 3 N–H and O–H groups in total. The summed E-state index contributed by atoms with van der Waals surface area (Å²) in [6, 6.07) is 7.63. The second kappa shape index (κ2) is 9.24. The van der Waals surface area contributed by atoms with Crippen LogP contribution in [0.2, 0.25) is 0 Å². The average Bonchev–Trinajstić information content (AvgIpc) is 3.49. The fourth-order valence-electron chi connectivity index (χ4n) is 9.47. The summed E-state index contributed by atoms with van der Waals surface area (Å²) in [4.78, 5) is 27.1. The van der Waals surface area contributed by atoms with E-state index in [1.165, 1.54) is 5.57 Å². The van der Waals surface area contributed by atoms with Crippen LogP contribution in [0.5, 0.6) is 0 Å². The number of rotatable bonds is 3. The number of allylic oxidation sites excluding steroid dienone is 1. The lowest BCUT2D eigenvalue weighted by atomic mass is 9.45. The molecule has 0 radical (unpaired) electrons. The summed E-state index contributed by atoms with van der Waals surface area (Å²) in [6.07, 6.45) is 7.13. The molecular weight excluding hydrogens is 522 g/mol. The number of benzene rings is 1. The Balaban J connectivity index is 1.20. The minimum absolute atomic E-state index is 0.000390. The molecule has 0 unspecified atom stereocenters. The number of hydrogen-bond acceptors (Lipinski definition) is 6. The fourth-order valence-corrected chi connectivity index (χ4v) is 9.47. The number of ether oxygens (including phenoxy) is 1. The van der Waals surface area contributed by atoms with E-state index in [0.29, 0.717) is 44.7 Å². The van der Waals surface area contributed by atoms with E-state index in [9.17, 15) is 24.9 Å². The highest BCUT2D eigenvalue weighted by atomic mass is 16.5. The number of carbonyl (C=O) groups is 2. The first kappa shape index (κ1) is 26.9. The number of amides is 1. The summed E-state index contributed by atoms with van der Waals surface area (Å²) in [5, 5.41) is 37.6. The van der Waals surface area contributed by atoms with E-state index < -0.39 is 23.1 Å². The molecule has 0 spiro atoms. The minimum Gasteiger partial charge on any atom is -0.479 e. The highest BCUT2D eigenvalue weighted by Crippen LogP contribution is 2.67. The quantitative estimate of drug-likeness (QED) is 0.525. The normalized spacial score (nSPS) is 37.9. The van der Waals surface area contributed by atoms with Crippen LogP contribution in [0.15, 0.2) is 36.0 Å². The van der Waals surface area contributed by atoms with Crippen molar-refractivity contribution < 1.29 is 29.6 Å². The third kappa shape index (κ3) is 3.74. The maximum Gasteiger partial charge on any atom is 0.336 e. The van der Waals surface area contributed by atoms with Crippen LogP contribution in [-0.4, -0.2) is 79.9 Å². The molecule has 5 aliphatic rings. The highest BCUT2D eigenvalue weighted by Gasteiger charge is 2.68. The molecule has 1 amide bonds. The van der Waals surface area contributed by atoms with E-state index in [-0.39, 0.29) is 35.5 Å². The number of hydrogen-bond donors (Lipinski definition) is 3. The molecule has 4 fully saturated rings. The van der Waals surface area contributed by atoms with Crippen LogP contribution in [0, 0.1) is 28.6 Å². The molecule has 0 bridgehead atoms. The minimum atomic E-state index is -1.79. The zero-order chi connectivity index (χ0) is 28.7. The zero-order valence-electron chi connectivity index (χ0n) is 23.8. The molecule has 41 heavy (non-hydrogen) atoms. The van der Waals surface area contributed by atoms with Gasteiger partial charge in [-0.1, -0.05) is 25.5 Å². The highest BCUT2D eigenvalue weighted by molar-refractivity contribution is 5.94. The van der Waals surface area contributed by atoms with E-state index in [4.69, 9.17) is 9.84 Å². The SMILES string of the molecule is C[C@@]12Cc3cnn(-c4cccc(C(=O)N5CCOCC5)c4)c3C=C1CC[C@H]1[C@H]2[C@H](O)C[C@]2(C)[C@@H]1CC[C@@]2(O)C(=O)O. The Morgan fingerprint density at radius 2 is 1.93 bits per heavy atom. The number of aliphatic hydroxyl groups excluding tert-OH is 1. The van der Waals surface area contributed by atoms with Gasteiger partial charge in [-0.2, -0.15) is 5.10 Å². The molecule has 7 atom stereocenters. The van der Waals surface area contributed by atoms with Gasteiger partial charge in [0.25, 0.3) is 5.91 Å². The number of carboxylic acid groups (broad SMARTS) is 1. The molecule has 1 aromatic heterocycles. The molecule has 1 aliphatic heterocycles. The van der Waals surface area contributed by atoms with Crippen molar-refractivity contribution in [3.63, 3.8) is 0 Å². The summed E-state index contributed by atoms with van der Waals surface area (Å²) in [5.74, 6) is -0.964. The summed E-state index contributed by atoms with van der Waals surface area (Å²) >= 11 is 0. The number of carbonyl (C=O) groups excluding carboxylic acids is 1. The van der Waals surface area contributed by atoms with Gasteiger partial charge in [-0.25, -0.2) is 9.48 Å². The molecule has 4 aliphatic carbocycles. The van der Waals surface area contributed by atoms with Crippen LogP contribution in [-0.2, 0) is 16.0 Å². The molecule has 1 aromatic carbocycles. The van der Waals surface area contributed by atoms with E-state index >= 15 is 0 Å². The predicted octanol–water partition coefficient (Wildman–Crippen LogP) is 3.31. The number of carboxylic acids is 1. The van der Waals surface area contributed by atoms with Crippen LogP contribution in [0.1, 0.15) is 67.6 Å². The molecule has 9 heteroatoms. The van der Waals surface area contributed by atoms with Gasteiger partial charge in [0.2, 0.25) is 0 Å². The number of aliphatic carboxylic acids is 1. The van der Waals surface area contributed by atoms with E-state index in [2.05, 4.69) is 13.0 Å². The summed E-state index contributed by atoms with van der Waals surface area (Å²) in [5.41, 5.74) is 1.98. The van der Waals surface area contributed by atoms with Crippen molar-refractivity contribution in [2.24, 2.45) is 28.6 Å². The standard InChI is InChI=1S/C32H39N3O6/c1-30-16-20-18-33-35(22-5-3-4-19(14-22)28(37)34-10-12-41-13-11-34)25(20)15-21(30)6-7-23-24-8-9-32(40,29(38)39)31(24,2)17-26(36)27(23)30/h3-5,14-15,18,23-24,26-27,36,40H,6-13,16-17H2,1-2H3,(H,38,39)/t23-,24-,26-,27+,30-,31-,32-/m1/s1. The lowest BCUT2D eigenvalue weighted by Gasteiger charge is -2.60. The zero-order valence-corrected chi connectivity index (χ0v) is 23.8. The van der Waals surface area contributed by atoms with Gasteiger partial charge in [-0.3, -0.25) is 4.79 Å². The van der Waals surface area contributed by atoms with E-state index in [1.807, 2.05) is 47.0 Å². The summed E-state index contributed by atoms with van der Waals surface area (Å²) in [7, 11) is 0. The Morgan fingerprint density at radius 3 is 2.68 bits per heavy atom. The van der Waals surface area contributed by atoms with Crippen molar-refractivity contribution in [2.75, 3.05) is 26.3 Å². The molecule has 9 nitrogen and oxygen atoms in total. The molecule has 2 aromatic rings. The monoisotopic (exact) mass is 561 g/mol. The number of aliphatic hydroxyl groups is 2. The van der Waals surface area contributed by atoms with Crippen LogP contribution in [0.4, 0.5) is 0 Å². The van der Waals surface area contributed by atoms with Gasteiger partial charge in [0.15, 0.2) is 5.60 Å². The Hall–Kier alpha value is -3.01. The maximum atomic E-state index is 13.1. The van der Waals surface area contributed by atoms with Gasteiger partial charge >= 0.3 is 5.97 Å². The van der Waals surface area contributed by atoms with Crippen molar-refractivity contribution in [2.45, 2.75) is 64.1 Å². The molecule has 7 rings (SSSR count). The van der Waals surface area contributed by atoms with Crippen molar-refractivity contribution in [3.05, 3.63) is 52.9 Å². The van der Waals surface area contributed by atoms with Crippen LogP contribution in [0.3, 0.4) is 0 Å². The van der Waals surface area contributed by atoms with Crippen molar-refractivity contribution in [1.82, 2.24) is 14.7 Å². The Labute approximate surface area is 239 Å². The average molecular weight is 562 g/mol. The summed E-state index contributed by atoms with van der Waals surface area (Å²) in [6.45, 7) is 6.43. The largest absolute Gasteiger partial charge is 0.479 e. The molecule has 3 saturated carbocycles. The second-order valence-corrected chi connectivity index (χ2v) is 13.4. The Kier molecular flexibility index (Phi) is 6.06. The van der Waals surface area contributed by atoms with Crippen LogP contribution < -0.4 is 0 Å². The van der Waals surface area contributed by atoms with E-state index in [1.54, 1.807) is 0 Å². The first-order valence-corrected chi connectivity index (χ1v) is 15.0. The Morgan fingerprint density at radius 1 is 1.15 bits per heavy atom. The smallest absolute Gasteiger partial charge is 0.336 e. The number of aromatic nitrogens is 2. The Bertz CT molecular complexity index is 1440. The van der Waals surface area contributed by atoms with Crippen molar-refractivity contribution in [1.29, 1.82) is 0 Å². The number of morpholine rings is 1. The fraction of sp³-hybridized carbons (Fsp3) is 0.594. The lowest BCUT2D eigenvalue weighted by molar-refractivity contribution is -0.193. The number of fused-ring (bicyclic) bond motifs is 6. The second-order valence-electron chi connectivity index (χ2n) is 13.4. The van der Waals surface area contributed by atoms with Gasteiger partial charge in [0, 0.05) is 24.1 Å². The number of nitrogens with zero attached hydrogens (tertiary/aromatic N) is 3. The third-order valence-electron chi connectivity index (χ3n) is 11.6. The van der Waals surface area contributed by atoms with Gasteiger partial charge in [-0.15, -0.1) is 0 Å². The van der Waals surface area contributed by atoms with Crippen molar-refractivity contribution in [3.8, 4) is 5.69 Å². The maximum absolute atomic E-state index is 13.1. The van der Waals surface area contributed by atoms with Gasteiger partial charge in [-0.05, 0) is 91.5 Å². The molecule has 1 saturated heterocycles. The molecule has 2 heterocycles. The lowest BCUT2D eigenvalue weighted by Crippen LogP contribution is -2.61. The van der Waals surface area contributed by atoms with Gasteiger partial charge < -0.3 is 25.0 Å². The van der Waals surface area contributed by atoms with Gasteiger partial charge in [0.05, 0.1) is 36.9 Å².